The van der Waals surface area contributed by atoms with Crippen LogP contribution >= 0.6 is 0 Å². The Morgan fingerprint density at radius 2 is 2.09 bits per heavy atom. The van der Waals surface area contributed by atoms with E-state index in [1.165, 1.54) is 17.0 Å². The first-order valence-corrected chi connectivity index (χ1v) is 7.12. The van der Waals surface area contributed by atoms with E-state index in [2.05, 4.69) is 10.3 Å². The summed E-state index contributed by atoms with van der Waals surface area (Å²) >= 11 is 0. The third-order valence-electron chi connectivity index (χ3n) is 3.75. The number of carbonyl (C=O) groups is 2. The van der Waals surface area contributed by atoms with Gasteiger partial charge in [0.25, 0.3) is 0 Å². The maximum Gasteiger partial charge on any atom is 0.433 e. The van der Waals surface area contributed by atoms with Gasteiger partial charge in [-0.2, -0.15) is 13.2 Å². The maximum atomic E-state index is 12.6. The number of nitrogens with one attached hydrogen (secondary N) is 1. The molecule has 6 nitrogen and oxygen atoms in total. The van der Waals surface area contributed by atoms with Crippen molar-refractivity contribution in [3.63, 3.8) is 0 Å². The van der Waals surface area contributed by atoms with Crippen LogP contribution in [0.2, 0.25) is 0 Å². The Balaban J connectivity index is 1.52. The molecule has 2 aliphatic rings. The van der Waals surface area contributed by atoms with Crippen LogP contribution in [0.1, 0.15) is 18.5 Å². The van der Waals surface area contributed by atoms with E-state index in [1.54, 1.807) is 0 Å². The molecule has 1 N–H and O–H groups in total. The number of rotatable bonds is 3. The molecule has 1 unspecified atom stereocenters. The molecule has 2 saturated heterocycles. The highest BCUT2D eigenvalue weighted by atomic mass is 19.4. The first-order valence-electron chi connectivity index (χ1n) is 7.12. The molecule has 0 radical (unpaired) electrons. The molecule has 1 atom stereocenters. The molecule has 23 heavy (non-hydrogen) atoms. The van der Waals surface area contributed by atoms with Crippen LogP contribution < -0.4 is 10.1 Å². The van der Waals surface area contributed by atoms with E-state index >= 15 is 0 Å². The summed E-state index contributed by atoms with van der Waals surface area (Å²) < 4.78 is 43.1. The molecule has 1 aromatic rings. The SMILES string of the molecule is O=C1CCC(C(=O)N2CC(Oc3cccc(C(F)(F)F)n3)C2)N1. The van der Waals surface area contributed by atoms with E-state index in [9.17, 15) is 22.8 Å². The fourth-order valence-electron chi connectivity index (χ4n) is 2.52. The number of likely N-dealkylation sites (tertiary alicyclic amines) is 1. The van der Waals surface area contributed by atoms with Gasteiger partial charge in [-0.15, -0.1) is 0 Å². The van der Waals surface area contributed by atoms with Crippen LogP contribution in [0.15, 0.2) is 18.2 Å². The lowest BCUT2D eigenvalue weighted by atomic mass is 10.1. The highest BCUT2D eigenvalue weighted by Gasteiger charge is 2.39. The zero-order valence-electron chi connectivity index (χ0n) is 12.0. The molecule has 0 aliphatic carbocycles. The summed E-state index contributed by atoms with van der Waals surface area (Å²) in [6.07, 6.45) is -4.12. The maximum absolute atomic E-state index is 12.6. The van der Waals surface area contributed by atoms with E-state index in [0.29, 0.717) is 12.8 Å². The second-order valence-corrected chi connectivity index (χ2v) is 5.50. The zero-order valence-corrected chi connectivity index (χ0v) is 12.0. The Morgan fingerprint density at radius 1 is 1.35 bits per heavy atom. The van der Waals surface area contributed by atoms with Gasteiger partial charge in [0.1, 0.15) is 17.8 Å². The van der Waals surface area contributed by atoms with Gasteiger partial charge >= 0.3 is 6.18 Å². The molecule has 3 rings (SSSR count). The summed E-state index contributed by atoms with van der Waals surface area (Å²) in [5.41, 5.74) is -1.02. The van der Waals surface area contributed by atoms with Crippen LogP contribution in [0, 0.1) is 0 Å². The van der Waals surface area contributed by atoms with Gasteiger partial charge in [0.05, 0.1) is 13.1 Å². The van der Waals surface area contributed by atoms with Crippen molar-refractivity contribution in [2.45, 2.75) is 31.2 Å². The summed E-state index contributed by atoms with van der Waals surface area (Å²) in [7, 11) is 0. The Morgan fingerprint density at radius 3 is 2.70 bits per heavy atom. The number of carbonyl (C=O) groups excluding carboxylic acids is 2. The molecule has 0 aromatic carbocycles. The number of amides is 2. The van der Waals surface area contributed by atoms with Crippen LogP contribution in [0.3, 0.4) is 0 Å². The Kier molecular flexibility index (Phi) is 3.87. The first-order chi connectivity index (χ1) is 10.8. The van der Waals surface area contributed by atoms with Gasteiger partial charge in [-0.05, 0) is 12.5 Å². The standard InChI is InChI=1S/C14H14F3N3O3/c15-14(16,17)10-2-1-3-12(19-10)23-8-6-20(7-8)13(22)9-4-5-11(21)18-9/h1-3,8-9H,4-7H2,(H,18,21). The summed E-state index contributed by atoms with van der Waals surface area (Å²) in [4.78, 5) is 28.1. The smallest absolute Gasteiger partial charge is 0.433 e. The molecule has 124 valence electrons. The monoisotopic (exact) mass is 329 g/mol. The minimum Gasteiger partial charge on any atom is -0.471 e. The lowest BCUT2D eigenvalue weighted by Gasteiger charge is -2.39. The van der Waals surface area contributed by atoms with Crippen molar-refractivity contribution in [1.82, 2.24) is 15.2 Å². The topological polar surface area (TPSA) is 71.5 Å². The molecule has 2 fully saturated rings. The fraction of sp³-hybridized carbons (Fsp3) is 0.500. The number of halogens is 3. The third kappa shape index (κ3) is 3.38. The average Bonchev–Trinajstić information content (AvgIpc) is 2.88. The van der Waals surface area contributed by atoms with E-state index in [1.807, 2.05) is 0 Å². The molecule has 2 aliphatic heterocycles. The lowest BCUT2D eigenvalue weighted by molar-refractivity contribution is -0.143. The van der Waals surface area contributed by atoms with E-state index in [-0.39, 0.29) is 30.8 Å². The number of pyridine rings is 1. The van der Waals surface area contributed by atoms with Gasteiger partial charge in [-0.1, -0.05) is 6.07 Å². The highest BCUT2D eigenvalue weighted by molar-refractivity contribution is 5.91. The summed E-state index contributed by atoms with van der Waals surface area (Å²) in [5, 5.41) is 2.58. The number of alkyl halides is 3. The summed E-state index contributed by atoms with van der Waals surface area (Å²) in [6.45, 7) is 0.534. The van der Waals surface area contributed by atoms with Gasteiger partial charge in [0.15, 0.2) is 0 Å². The fourth-order valence-corrected chi connectivity index (χ4v) is 2.52. The van der Waals surface area contributed by atoms with Crippen molar-refractivity contribution in [3.8, 4) is 5.88 Å². The van der Waals surface area contributed by atoms with Gasteiger partial charge in [-0.3, -0.25) is 9.59 Å². The van der Waals surface area contributed by atoms with Crippen LogP contribution in [0.25, 0.3) is 0 Å². The van der Waals surface area contributed by atoms with Crippen molar-refractivity contribution >= 4 is 11.8 Å². The lowest BCUT2D eigenvalue weighted by Crippen LogP contribution is -2.59. The molecule has 1 aromatic heterocycles. The predicted octanol–water partition coefficient (Wildman–Crippen LogP) is 0.969. The predicted molar refractivity (Wildman–Crippen MR) is 71.4 cm³/mol. The van der Waals surface area contributed by atoms with Crippen LogP contribution in [0.5, 0.6) is 5.88 Å². The largest absolute Gasteiger partial charge is 0.471 e. The molecule has 2 amide bonds. The molecule has 3 heterocycles. The number of hydrogen-bond donors (Lipinski definition) is 1. The minimum absolute atomic E-state index is 0.119. The number of nitrogens with zero attached hydrogens (tertiary/aromatic N) is 2. The summed E-state index contributed by atoms with van der Waals surface area (Å²) in [6, 6.07) is 2.93. The van der Waals surface area contributed by atoms with Gasteiger partial charge in [-0.25, -0.2) is 4.98 Å². The van der Waals surface area contributed by atoms with Crippen LogP contribution in [0.4, 0.5) is 13.2 Å². The van der Waals surface area contributed by atoms with Crippen molar-refractivity contribution in [2.75, 3.05) is 13.1 Å². The van der Waals surface area contributed by atoms with E-state index in [0.717, 1.165) is 6.07 Å². The molecule has 0 spiro atoms. The van der Waals surface area contributed by atoms with E-state index < -0.39 is 24.0 Å². The second kappa shape index (κ2) is 5.71. The van der Waals surface area contributed by atoms with Crippen LogP contribution in [-0.4, -0.2) is 46.9 Å². The third-order valence-corrected chi connectivity index (χ3v) is 3.75. The van der Waals surface area contributed by atoms with Crippen LogP contribution in [-0.2, 0) is 15.8 Å². The molecule has 0 saturated carbocycles. The highest BCUT2D eigenvalue weighted by Crippen LogP contribution is 2.29. The molecular formula is C14H14F3N3O3. The van der Waals surface area contributed by atoms with Gasteiger partial charge in [0, 0.05) is 12.5 Å². The van der Waals surface area contributed by atoms with Gasteiger partial charge in [0.2, 0.25) is 17.7 Å². The van der Waals surface area contributed by atoms with E-state index in [4.69, 9.17) is 4.74 Å². The van der Waals surface area contributed by atoms with Crippen molar-refractivity contribution in [2.24, 2.45) is 0 Å². The normalized spacial score (nSPS) is 21.8. The molecular weight excluding hydrogens is 315 g/mol. The number of hydrogen-bond acceptors (Lipinski definition) is 4. The van der Waals surface area contributed by atoms with Crippen molar-refractivity contribution in [3.05, 3.63) is 23.9 Å². The number of aromatic nitrogens is 1. The molecule has 0 bridgehead atoms. The first kappa shape index (κ1) is 15.6. The Hall–Kier alpha value is -2.32. The van der Waals surface area contributed by atoms with Crippen molar-refractivity contribution < 1.29 is 27.5 Å². The second-order valence-electron chi connectivity index (χ2n) is 5.50. The zero-order chi connectivity index (χ0) is 16.6. The quantitative estimate of drug-likeness (QED) is 0.897. The van der Waals surface area contributed by atoms with Gasteiger partial charge < -0.3 is 15.0 Å². The molecule has 9 heteroatoms. The van der Waals surface area contributed by atoms with Crippen molar-refractivity contribution in [1.29, 1.82) is 0 Å². The average molecular weight is 329 g/mol. The summed E-state index contributed by atoms with van der Waals surface area (Å²) in [5.74, 6) is -0.455. The number of ether oxygens (including phenoxy) is 1. The Labute approximate surface area is 129 Å². The minimum atomic E-state index is -4.53. The Bertz CT molecular complexity index is 629.